The summed E-state index contributed by atoms with van der Waals surface area (Å²) in [6.45, 7) is 2.45. The summed E-state index contributed by atoms with van der Waals surface area (Å²) in [5.41, 5.74) is 0.869. The Kier molecular flexibility index (Phi) is 4.36. The summed E-state index contributed by atoms with van der Waals surface area (Å²) in [5, 5.41) is 3.19. The zero-order valence-electron chi connectivity index (χ0n) is 10.4. The standard InChI is InChI=1S/C14H13ClN2O2/c1-2-19-10-7-8-13(16-9-10)14(18)17-12-6-4-3-5-11(12)15/h3-9H,2H2,1H3,(H,17,18). The number of hydrogen-bond acceptors (Lipinski definition) is 3. The molecule has 0 atom stereocenters. The van der Waals surface area contributed by atoms with Gasteiger partial charge in [0.25, 0.3) is 5.91 Å². The van der Waals surface area contributed by atoms with E-state index in [9.17, 15) is 4.79 Å². The lowest BCUT2D eigenvalue weighted by molar-refractivity contribution is 0.102. The summed E-state index contributed by atoms with van der Waals surface area (Å²) in [5.74, 6) is 0.327. The minimum Gasteiger partial charge on any atom is -0.492 e. The van der Waals surface area contributed by atoms with Crippen LogP contribution in [0.25, 0.3) is 0 Å². The molecule has 0 bridgehead atoms. The van der Waals surface area contributed by atoms with Gasteiger partial charge in [0, 0.05) is 0 Å². The maximum atomic E-state index is 12.0. The van der Waals surface area contributed by atoms with Crippen molar-refractivity contribution in [2.75, 3.05) is 11.9 Å². The van der Waals surface area contributed by atoms with Crippen molar-refractivity contribution in [3.8, 4) is 5.75 Å². The Morgan fingerprint density at radius 3 is 2.74 bits per heavy atom. The minimum atomic E-state index is -0.309. The normalized spacial score (nSPS) is 10.0. The first-order valence-corrected chi connectivity index (χ1v) is 6.23. The van der Waals surface area contributed by atoms with Gasteiger partial charge in [-0.25, -0.2) is 4.98 Å². The summed E-state index contributed by atoms with van der Waals surface area (Å²) < 4.78 is 5.26. The molecular weight excluding hydrogens is 264 g/mol. The number of para-hydroxylation sites is 1. The number of amides is 1. The Morgan fingerprint density at radius 2 is 2.11 bits per heavy atom. The van der Waals surface area contributed by atoms with Crippen LogP contribution in [-0.4, -0.2) is 17.5 Å². The lowest BCUT2D eigenvalue weighted by atomic mass is 10.3. The van der Waals surface area contributed by atoms with Gasteiger partial charge in [-0.3, -0.25) is 4.79 Å². The third-order valence-corrected chi connectivity index (χ3v) is 2.73. The first-order valence-electron chi connectivity index (χ1n) is 5.85. The van der Waals surface area contributed by atoms with Crippen molar-refractivity contribution in [3.05, 3.63) is 53.3 Å². The predicted octanol–water partition coefficient (Wildman–Crippen LogP) is 3.39. The fraction of sp³-hybridized carbons (Fsp3) is 0.143. The van der Waals surface area contributed by atoms with Crippen LogP contribution in [-0.2, 0) is 0 Å². The largest absolute Gasteiger partial charge is 0.492 e. The van der Waals surface area contributed by atoms with E-state index in [1.165, 1.54) is 6.20 Å². The summed E-state index contributed by atoms with van der Waals surface area (Å²) >= 11 is 5.97. The topological polar surface area (TPSA) is 51.2 Å². The Labute approximate surface area is 116 Å². The van der Waals surface area contributed by atoms with Gasteiger partial charge in [-0.2, -0.15) is 0 Å². The van der Waals surface area contributed by atoms with Crippen LogP contribution >= 0.6 is 11.6 Å². The van der Waals surface area contributed by atoms with Crippen molar-refractivity contribution in [3.63, 3.8) is 0 Å². The molecule has 5 heteroatoms. The second-order valence-electron chi connectivity index (χ2n) is 3.75. The summed E-state index contributed by atoms with van der Waals surface area (Å²) in [7, 11) is 0. The highest BCUT2D eigenvalue weighted by atomic mass is 35.5. The maximum Gasteiger partial charge on any atom is 0.274 e. The zero-order valence-corrected chi connectivity index (χ0v) is 11.1. The third-order valence-electron chi connectivity index (χ3n) is 2.40. The summed E-state index contributed by atoms with van der Waals surface area (Å²) in [4.78, 5) is 16.0. The molecule has 1 N–H and O–H groups in total. The quantitative estimate of drug-likeness (QED) is 0.931. The lowest BCUT2D eigenvalue weighted by Crippen LogP contribution is -2.13. The van der Waals surface area contributed by atoms with E-state index in [-0.39, 0.29) is 5.91 Å². The van der Waals surface area contributed by atoms with E-state index in [0.29, 0.717) is 28.8 Å². The smallest absolute Gasteiger partial charge is 0.274 e. The van der Waals surface area contributed by atoms with Crippen molar-refractivity contribution < 1.29 is 9.53 Å². The van der Waals surface area contributed by atoms with Gasteiger partial charge >= 0.3 is 0 Å². The molecule has 0 aliphatic carbocycles. The van der Waals surface area contributed by atoms with Gasteiger partial charge in [-0.1, -0.05) is 23.7 Å². The van der Waals surface area contributed by atoms with Gasteiger partial charge in [-0.05, 0) is 31.2 Å². The van der Waals surface area contributed by atoms with Gasteiger partial charge < -0.3 is 10.1 Å². The minimum absolute atomic E-state index is 0.309. The van der Waals surface area contributed by atoms with Crippen LogP contribution in [0.2, 0.25) is 5.02 Å². The number of carbonyl (C=O) groups excluding carboxylic acids is 1. The molecule has 2 rings (SSSR count). The van der Waals surface area contributed by atoms with Gasteiger partial charge in [0.05, 0.1) is 23.5 Å². The fourth-order valence-electron chi connectivity index (χ4n) is 1.52. The highest BCUT2D eigenvalue weighted by Gasteiger charge is 2.09. The van der Waals surface area contributed by atoms with Crippen LogP contribution in [0, 0.1) is 0 Å². The van der Waals surface area contributed by atoms with Crippen LogP contribution in [0.4, 0.5) is 5.69 Å². The molecule has 0 unspecified atom stereocenters. The second kappa shape index (κ2) is 6.20. The van der Waals surface area contributed by atoms with Gasteiger partial charge in [0.2, 0.25) is 0 Å². The molecule has 1 amide bonds. The van der Waals surface area contributed by atoms with Crippen molar-refractivity contribution in [1.82, 2.24) is 4.98 Å². The molecule has 0 spiro atoms. The van der Waals surface area contributed by atoms with Crippen LogP contribution in [0.15, 0.2) is 42.6 Å². The van der Waals surface area contributed by atoms with E-state index in [2.05, 4.69) is 10.3 Å². The number of ether oxygens (including phenoxy) is 1. The molecule has 0 radical (unpaired) electrons. The molecule has 2 aromatic rings. The number of nitrogens with zero attached hydrogens (tertiary/aromatic N) is 1. The molecular formula is C14H13ClN2O2. The molecule has 98 valence electrons. The number of nitrogens with one attached hydrogen (secondary N) is 1. The number of halogens is 1. The second-order valence-corrected chi connectivity index (χ2v) is 4.15. The molecule has 1 aromatic carbocycles. The van der Waals surface area contributed by atoms with Crippen molar-refractivity contribution in [1.29, 1.82) is 0 Å². The Bertz CT molecular complexity index is 570. The Hall–Kier alpha value is -2.07. The van der Waals surface area contributed by atoms with Crippen molar-refractivity contribution >= 4 is 23.2 Å². The summed E-state index contributed by atoms with van der Waals surface area (Å²) in [6, 6.07) is 10.4. The van der Waals surface area contributed by atoms with E-state index in [0.717, 1.165) is 0 Å². The molecule has 0 fully saturated rings. The molecule has 1 aromatic heterocycles. The van der Waals surface area contributed by atoms with E-state index in [1.807, 2.05) is 6.92 Å². The third kappa shape index (κ3) is 3.45. The highest BCUT2D eigenvalue weighted by molar-refractivity contribution is 6.33. The zero-order chi connectivity index (χ0) is 13.7. The molecule has 0 saturated carbocycles. The first kappa shape index (κ1) is 13.4. The van der Waals surface area contributed by atoms with Crippen molar-refractivity contribution in [2.24, 2.45) is 0 Å². The lowest BCUT2D eigenvalue weighted by Gasteiger charge is -2.07. The SMILES string of the molecule is CCOc1ccc(C(=O)Nc2ccccc2Cl)nc1. The monoisotopic (exact) mass is 276 g/mol. The van der Waals surface area contributed by atoms with E-state index in [1.54, 1.807) is 36.4 Å². The van der Waals surface area contributed by atoms with Gasteiger partial charge in [-0.15, -0.1) is 0 Å². The van der Waals surface area contributed by atoms with Gasteiger partial charge in [0.1, 0.15) is 11.4 Å². The Morgan fingerprint density at radius 1 is 1.32 bits per heavy atom. The van der Waals surface area contributed by atoms with Crippen molar-refractivity contribution in [2.45, 2.75) is 6.92 Å². The average Bonchev–Trinajstić information content (AvgIpc) is 2.42. The number of hydrogen-bond donors (Lipinski definition) is 1. The number of carbonyl (C=O) groups is 1. The molecule has 4 nitrogen and oxygen atoms in total. The van der Waals surface area contributed by atoms with Crippen LogP contribution in [0.3, 0.4) is 0 Å². The number of aromatic nitrogens is 1. The number of pyridine rings is 1. The molecule has 1 heterocycles. The predicted molar refractivity (Wildman–Crippen MR) is 74.8 cm³/mol. The highest BCUT2D eigenvalue weighted by Crippen LogP contribution is 2.21. The van der Waals surface area contributed by atoms with Crippen LogP contribution in [0.1, 0.15) is 17.4 Å². The van der Waals surface area contributed by atoms with Crippen LogP contribution < -0.4 is 10.1 Å². The molecule has 19 heavy (non-hydrogen) atoms. The van der Waals surface area contributed by atoms with E-state index in [4.69, 9.17) is 16.3 Å². The number of rotatable bonds is 4. The van der Waals surface area contributed by atoms with Gasteiger partial charge in [0.15, 0.2) is 0 Å². The van der Waals surface area contributed by atoms with E-state index >= 15 is 0 Å². The number of benzene rings is 1. The van der Waals surface area contributed by atoms with E-state index < -0.39 is 0 Å². The van der Waals surface area contributed by atoms with Crippen LogP contribution in [0.5, 0.6) is 5.75 Å². The first-order chi connectivity index (χ1) is 9.20. The fourth-order valence-corrected chi connectivity index (χ4v) is 1.70. The molecule has 0 aliphatic heterocycles. The Balaban J connectivity index is 2.10. The average molecular weight is 277 g/mol. The maximum absolute atomic E-state index is 12.0. The molecule has 0 aliphatic rings. The molecule has 0 saturated heterocycles. The number of anilines is 1. The summed E-state index contributed by atoms with van der Waals surface area (Å²) in [6.07, 6.45) is 1.52.